The van der Waals surface area contributed by atoms with E-state index in [0.29, 0.717) is 11.1 Å². The summed E-state index contributed by atoms with van der Waals surface area (Å²) in [5.41, 5.74) is 6.41. The maximum atomic E-state index is 11.3. The van der Waals surface area contributed by atoms with Crippen LogP contribution in [0.3, 0.4) is 0 Å². The summed E-state index contributed by atoms with van der Waals surface area (Å²) in [6.07, 6.45) is 3.67. The molecule has 1 fully saturated rings. The molecule has 1 amide bonds. The van der Waals surface area contributed by atoms with E-state index < -0.39 is 5.91 Å². The summed E-state index contributed by atoms with van der Waals surface area (Å²) >= 11 is 0. The fourth-order valence-corrected chi connectivity index (χ4v) is 2.51. The molecule has 18 heavy (non-hydrogen) atoms. The highest BCUT2D eigenvalue weighted by Gasteiger charge is 2.17. The Kier molecular flexibility index (Phi) is 2.70. The minimum Gasteiger partial charge on any atom is -0.440 e. The van der Waals surface area contributed by atoms with Crippen molar-refractivity contribution in [3.05, 3.63) is 29.8 Å². The van der Waals surface area contributed by atoms with E-state index in [1.165, 1.54) is 19.3 Å². The fraction of sp³-hybridized carbons (Fsp3) is 0.357. The van der Waals surface area contributed by atoms with Gasteiger partial charge in [0.15, 0.2) is 5.88 Å². The molecule has 0 bridgehead atoms. The predicted molar refractivity (Wildman–Crippen MR) is 70.8 cm³/mol. The van der Waals surface area contributed by atoms with Crippen LogP contribution in [0, 0.1) is 0 Å². The monoisotopic (exact) mass is 244 g/mol. The summed E-state index contributed by atoms with van der Waals surface area (Å²) < 4.78 is 5.83. The summed E-state index contributed by atoms with van der Waals surface area (Å²) in [5, 5.41) is 0.937. The summed E-state index contributed by atoms with van der Waals surface area (Å²) in [6.45, 7) is 2.04. The van der Waals surface area contributed by atoms with Gasteiger partial charge in [0.25, 0.3) is 5.91 Å². The molecule has 1 aliphatic heterocycles. The van der Waals surface area contributed by atoms with Gasteiger partial charge in [-0.15, -0.1) is 0 Å². The predicted octanol–water partition coefficient (Wildman–Crippen LogP) is 2.52. The van der Waals surface area contributed by atoms with E-state index in [-0.39, 0.29) is 0 Å². The van der Waals surface area contributed by atoms with Crippen molar-refractivity contribution in [1.29, 1.82) is 0 Å². The van der Waals surface area contributed by atoms with Crippen LogP contribution >= 0.6 is 0 Å². The second-order valence-electron chi connectivity index (χ2n) is 4.72. The molecule has 4 heteroatoms. The number of amides is 1. The van der Waals surface area contributed by atoms with Gasteiger partial charge in [-0.05, 0) is 25.3 Å². The molecule has 0 spiro atoms. The Bertz CT molecular complexity index is 582. The van der Waals surface area contributed by atoms with Gasteiger partial charge in [0.2, 0.25) is 0 Å². The van der Waals surface area contributed by atoms with Gasteiger partial charge in [0.1, 0.15) is 5.58 Å². The minimum atomic E-state index is -0.444. The molecule has 94 valence electrons. The van der Waals surface area contributed by atoms with Crippen LogP contribution in [0.4, 0.5) is 5.88 Å². The molecule has 0 atom stereocenters. The van der Waals surface area contributed by atoms with E-state index in [1.807, 2.05) is 18.2 Å². The van der Waals surface area contributed by atoms with E-state index in [9.17, 15) is 4.79 Å². The quantitative estimate of drug-likeness (QED) is 0.883. The molecule has 1 aromatic carbocycles. The number of piperidine rings is 1. The molecule has 0 saturated carbocycles. The number of primary amides is 1. The van der Waals surface area contributed by atoms with Crippen LogP contribution in [0.5, 0.6) is 0 Å². The van der Waals surface area contributed by atoms with Crippen molar-refractivity contribution < 1.29 is 9.21 Å². The number of benzene rings is 1. The smallest absolute Gasteiger partial charge is 0.252 e. The lowest BCUT2D eigenvalue weighted by Crippen LogP contribution is -2.28. The van der Waals surface area contributed by atoms with Crippen LogP contribution < -0.4 is 10.6 Å². The molecule has 0 aliphatic carbocycles. The van der Waals surface area contributed by atoms with E-state index in [2.05, 4.69) is 4.90 Å². The lowest BCUT2D eigenvalue weighted by Gasteiger charge is -2.25. The highest BCUT2D eigenvalue weighted by molar-refractivity contribution is 6.04. The number of hydrogen-bond acceptors (Lipinski definition) is 3. The van der Waals surface area contributed by atoms with Gasteiger partial charge in [0.05, 0.1) is 5.56 Å². The van der Waals surface area contributed by atoms with Crippen LogP contribution in [0.25, 0.3) is 11.0 Å². The van der Waals surface area contributed by atoms with E-state index in [1.54, 1.807) is 6.07 Å². The molecular formula is C14H16N2O2. The lowest BCUT2D eigenvalue weighted by molar-refractivity contribution is 0.100. The Hall–Kier alpha value is -1.97. The van der Waals surface area contributed by atoms with Crippen molar-refractivity contribution in [2.24, 2.45) is 5.73 Å². The molecule has 2 heterocycles. The highest BCUT2D eigenvalue weighted by atomic mass is 16.4. The number of furan rings is 1. The average molecular weight is 244 g/mol. The van der Waals surface area contributed by atoms with Crippen LogP contribution in [0.1, 0.15) is 29.6 Å². The Balaban J connectivity index is 2.04. The third-order valence-corrected chi connectivity index (χ3v) is 3.46. The third kappa shape index (κ3) is 1.83. The summed E-state index contributed by atoms with van der Waals surface area (Å²) in [7, 11) is 0. The van der Waals surface area contributed by atoms with Gasteiger partial charge < -0.3 is 15.1 Å². The van der Waals surface area contributed by atoms with Crippen LogP contribution in [0.2, 0.25) is 0 Å². The number of para-hydroxylation sites is 1. The molecule has 0 radical (unpaired) electrons. The fourth-order valence-electron chi connectivity index (χ4n) is 2.51. The molecular weight excluding hydrogens is 228 g/mol. The second-order valence-corrected chi connectivity index (χ2v) is 4.72. The molecule has 1 saturated heterocycles. The summed E-state index contributed by atoms with van der Waals surface area (Å²) in [5.74, 6) is 0.401. The topological polar surface area (TPSA) is 59.5 Å². The number of rotatable bonds is 2. The van der Waals surface area contributed by atoms with Gasteiger partial charge in [-0.1, -0.05) is 12.1 Å². The second kappa shape index (κ2) is 4.37. The van der Waals surface area contributed by atoms with Gasteiger partial charge >= 0.3 is 0 Å². The van der Waals surface area contributed by atoms with Crippen molar-refractivity contribution in [3.63, 3.8) is 0 Å². The van der Waals surface area contributed by atoms with Crippen LogP contribution in [-0.4, -0.2) is 19.0 Å². The molecule has 2 N–H and O–H groups in total. The molecule has 2 aromatic rings. The Morgan fingerprint density at radius 3 is 2.72 bits per heavy atom. The molecule has 1 aromatic heterocycles. The molecule has 0 unspecified atom stereocenters. The Morgan fingerprint density at radius 1 is 1.22 bits per heavy atom. The first-order valence-corrected chi connectivity index (χ1v) is 6.33. The van der Waals surface area contributed by atoms with Gasteiger partial charge in [0, 0.05) is 24.5 Å². The van der Waals surface area contributed by atoms with Crippen LogP contribution in [-0.2, 0) is 0 Å². The van der Waals surface area contributed by atoms with E-state index in [4.69, 9.17) is 10.2 Å². The zero-order valence-corrected chi connectivity index (χ0v) is 10.2. The number of nitrogens with zero attached hydrogens (tertiary/aromatic N) is 1. The Labute approximate surface area is 105 Å². The number of anilines is 1. The number of hydrogen-bond donors (Lipinski definition) is 1. The molecule has 3 rings (SSSR count). The zero-order valence-electron chi connectivity index (χ0n) is 10.2. The van der Waals surface area contributed by atoms with Gasteiger partial charge in [-0.25, -0.2) is 0 Å². The first kappa shape index (κ1) is 11.1. The molecule has 4 nitrogen and oxygen atoms in total. The van der Waals surface area contributed by atoms with Crippen LogP contribution in [0.15, 0.2) is 28.7 Å². The summed E-state index contributed by atoms with van der Waals surface area (Å²) in [4.78, 5) is 13.6. The number of carbonyl (C=O) groups excluding carboxylic acids is 1. The SMILES string of the molecule is NC(=O)c1cccc2cc(N3CCCCC3)oc12. The number of fused-ring (bicyclic) bond motifs is 1. The maximum Gasteiger partial charge on any atom is 0.252 e. The summed E-state index contributed by atoms with van der Waals surface area (Å²) in [6, 6.07) is 7.47. The highest BCUT2D eigenvalue weighted by Crippen LogP contribution is 2.30. The third-order valence-electron chi connectivity index (χ3n) is 3.46. The van der Waals surface area contributed by atoms with Crippen molar-refractivity contribution in [3.8, 4) is 0 Å². The van der Waals surface area contributed by atoms with Gasteiger partial charge in [-0.2, -0.15) is 0 Å². The first-order chi connectivity index (χ1) is 8.75. The van der Waals surface area contributed by atoms with Crippen molar-refractivity contribution in [1.82, 2.24) is 0 Å². The van der Waals surface area contributed by atoms with Crippen molar-refractivity contribution >= 4 is 22.8 Å². The van der Waals surface area contributed by atoms with Crippen molar-refractivity contribution in [2.75, 3.05) is 18.0 Å². The first-order valence-electron chi connectivity index (χ1n) is 6.33. The van der Waals surface area contributed by atoms with E-state index in [0.717, 1.165) is 24.4 Å². The maximum absolute atomic E-state index is 11.3. The normalized spacial score (nSPS) is 16.1. The van der Waals surface area contributed by atoms with Crippen molar-refractivity contribution in [2.45, 2.75) is 19.3 Å². The number of carbonyl (C=O) groups is 1. The largest absolute Gasteiger partial charge is 0.440 e. The molecule has 1 aliphatic rings. The average Bonchev–Trinajstić information content (AvgIpc) is 2.83. The number of nitrogens with two attached hydrogens (primary N) is 1. The minimum absolute atomic E-state index is 0.444. The van der Waals surface area contributed by atoms with Gasteiger partial charge in [-0.3, -0.25) is 4.79 Å². The standard InChI is InChI=1S/C14H16N2O2/c15-14(17)11-6-4-5-10-9-12(18-13(10)11)16-7-2-1-3-8-16/h4-6,9H,1-3,7-8H2,(H2,15,17). The zero-order chi connectivity index (χ0) is 12.5. The Morgan fingerprint density at radius 2 is 2.00 bits per heavy atom. The van der Waals surface area contributed by atoms with E-state index >= 15 is 0 Å². The lowest BCUT2D eigenvalue weighted by atomic mass is 10.1.